The molecule has 0 saturated carbocycles. The quantitative estimate of drug-likeness (QED) is 0.829. The maximum absolute atomic E-state index is 4.57. The van der Waals surface area contributed by atoms with Gasteiger partial charge in [-0.1, -0.05) is 6.07 Å². The zero-order valence-corrected chi connectivity index (χ0v) is 10.1. The summed E-state index contributed by atoms with van der Waals surface area (Å²) in [6.07, 6.45) is 3.30. The van der Waals surface area contributed by atoms with Crippen molar-refractivity contribution in [2.24, 2.45) is 0 Å². The molecule has 17 heavy (non-hydrogen) atoms. The Morgan fingerprint density at radius 1 is 1.53 bits per heavy atom. The molecule has 90 valence electrons. The first-order valence-electron chi connectivity index (χ1n) is 6.21. The molecule has 1 unspecified atom stereocenters. The number of fused-ring (bicyclic) bond motifs is 1. The van der Waals surface area contributed by atoms with Crippen LogP contribution in [0.15, 0.2) is 24.4 Å². The summed E-state index contributed by atoms with van der Waals surface area (Å²) in [5, 5.41) is 6.96. The van der Waals surface area contributed by atoms with E-state index in [-0.39, 0.29) is 0 Å². The van der Waals surface area contributed by atoms with Crippen molar-refractivity contribution in [2.45, 2.75) is 25.9 Å². The Bertz CT molecular complexity index is 511. The number of rotatable bonds is 3. The van der Waals surface area contributed by atoms with Crippen LogP contribution in [0.2, 0.25) is 0 Å². The molecule has 0 spiro atoms. The number of hydrogen-bond acceptors (Lipinski definition) is 3. The standard InChI is InChI=1S/C13H18N4/c1-10-12(9-15-11-5-6-14-8-11)17-7-3-2-4-13(17)16-10/h2-4,7,11,14-15H,5-6,8-9H2,1H3. The molecule has 0 amide bonds. The highest BCUT2D eigenvalue weighted by atomic mass is 15.1. The number of hydrogen-bond donors (Lipinski definition) is 2. The maximum Gasteiger partial charge on any atom is 0.137 e. The zero-order valence-electron chi connectivity index (χ0n) is 10.1. The lowest BCUT2D eigenvalue weighted by Gasteiger charge is -2.11. The van der Waals surface area contributed by atoms with Crippen LogP contribution >= 0.6 is 0 Å². The largest absolute Gasteiger partial charge is 0.315 e. The molecular weight excluding hydrogens is 212 g/mol. The van der Waals surface area contributed by atoms with E-state index < -0.39 is 0 Å². The van der Waals surface area contributed by atoms with Crippen molar-refractivity contribution >= 4 is 5.65 Å². The van der Waals surface area contributed by atoms with E-state index in [1.807, 2.05) is 12.1 Å². The predicted octanol–water partition coefficient (Wildman–Crippen LogP) is 1.09. The summed E-state index contributed by atoms with van der Waals surface area (Å²) < 4.78 is 2.17. The lowest BCUT2D eigenvalue weighted by atomic mass is 10.2. The molecule has 0 aromatic carbocycles. The van der Waals surface area contributed by atoms with E-state index in [2.05, 4.69) is 39.2 Å². The Labute approximate surface area is 101 Å². The van der Waals surface area contributed by atoms with Gasteiger partial charge in [0.15, 0.2) is 0 Å². The van der Waals surface area contributed by atoms with E-state index >= 15 is 0 Å². The Morgan fingerprint density at radius 3 is 3.29 bits per heavy atom. The third kappa shape index (κ3) is 2.06. The van der Waals surface area contributed by atoms with Crippen LogP contribution < -0.4 is 10.6 Å². The van der Waals surface area contributed by atoms with E-state index in [1.165, 1.54) is 12.1 Å². The third-order valence-electron chi connectivity index (χ3n) is 3.45. The molecule has 3 rings (SSSR count). The van der Waals surface area contributed by atoms with Crippen molar-refractivity contribution < 1.29 is 0 Å². The van der Waals surface area contributed by atoms with Crippen LogP contribution in [-0.4, -0.2) is 28.5 Å². The summed E-state index contributed by atoms with van der Waals surface area (Å²) in [5.41, 5.74) is 3.42. The van der Waals surface area contributed by atoms with Crippen LogP contribution in [0.1, 0.15) is 17.8 Å². The molecule has 4 heteroatoms. The molecule has 2 aromatic heterocycles. The van der Waals surface area contributed by atoms with Crippen molar-refractivity contribution in [1.29, 1.82) is 0 Å². The summed E-state index contributed by atoms with van der Waals surface area (Å²) in [6, 6.07) is 6.73. The predicted molar refractivity (Wildman–Crippen MR) is 68.0 cm³/mol. The van der Waals surface area contributed by atoms with Gasteiger partial charge in [-0.3, -0.25) is 0 Å². The van der Waals surface area contributed by atoms with Crippen molar-refractivity contribution in [3.05, 3.63) is 35.8 Å². The molecule has 1 aliphatic rings. The molecule has 1 aliphatic heterocycles. The molecule has 2 aromatic rings. The number of nitrogens with zero attached hydrogens (tertiary/aromatic N) is 2. The van der Waals surface area contributed by atoms with Crippen LogP contribution in [-0.2, 0) is 6.54 Å². The number of pyridine rings is 1. The lowest BCUT2D eigenvalue weighted by molar-refractivity contribution is 0.539. The first-order chi connectivity index (χ1) is 8.34. The van der Waals surface area contributed by atoms with Crippen LogP contribution in [0.3, 0.4) is 0 Å². The van der Waals surface area contributed by atoms with Gasteiger partial charge in [0.1, 0.15) is 5.65 Å². The fraction of sp³-hybridized carbons (Fsp3) is 0.462. The van der Waals surface area contributed by atoms with Crippen LogP contribution in [0, 0.1) is 6.92 Å². The van der Waals surface area contributed by atoms with Gasteiger partial charge in [0.2, 0.25) is 0 Å². The van der Waals surface area contributed by atoms with E-state index in [0.29, 0.717) is 6.04 Å². The van der Waals surface area contributed by atoms with Crippen LogP contribution in [0.5, 0.6) is 0 Å². The average molecular weight is 230 g/mol. The lowest BCUT2D eigenvalue weighted by Crippen LogP contribution is -2.31. The second-order valence-electron chi connectivity index (χ2n) is 4.64. The van der Waals surface area contributed by atoms with E-state index in [9.17, 15) is 0 Å². The van der Waals surface area contributed by atoms with Gasteiger partial charge in [0, 0.05) is 25.3 Å². The topological polar surface area (TPSA) is 41.4 Å². The van der Waals surface area contributed by atoms with E-state index in [4.69, 9.17) is 0 Å². The van der Waals surface area contributed by atoms with E-state index in [1.54, 1.807) is 0 Å². The molecule has 1 fully saturated rings. The first kappa shape index (κ1) is 10.7. The monoisotopic (exact) mass is 230 g/mol. The normalized spacial score (nSPS) is 20.2. The van der Waals surface area contributed by atoms with Gasteiger partial charge in [-0.25, -0.2) is 4.98 Å². The number of aromatic nitrogens is 2. The smallest absolute Gasteiger partial charge is 0.137 e. The molecule has 0 radical (unpaired) electrons. The van der Waals surface area contributed by atoms with Crippen molar-refractivity contribution in [3.8, 4) is 0 Å². The summed E-state index contributed by atoms with van der Waals surface area (Å²) in [7, 11) is 0. The van der Waals surface area contributed by atoms with Gasteiger partial charge in [-0.2, -0.15) is 0 Å². The molecule has 0 bridgehead atoms. The molecule has 1 atom stereocenters. The zero-order chi connectivity index (χ0) is 11.7. The van der Waals surface area contributed by atoms with Crippen LogP contribution in [0.25, 0.3) is 5.65 Å². The van der Waals surface area contributed by atoms with Gasteiger partial charge in [-0.05, 0) is 32.0 Å². The van der Waals surface area contributed by atoms with E-state index in [0.717, 1.165) is 31.0 Å². The Morgan fingerprint density at radius 2 is 2.47 bits per heavy atom. The fourth-order valence-electron chi connectivity index (χ4n) is 2.45. The van der Waals surface area contributed by atoms with Crippen molar-refractivity contribution in [1.82, 2.24) is 20.0 Å². The van der Waals surface area contributed by atoms with Gasteiger partial charge in [0.25, 0.3) is 0 Å². The minimum Gasteiger partial charge on any atom is -0.315 e. The highest BCUT2D eigenvalue weighted by Crippen LogP contribution is 2.12. The first-order valence-corrected chi connectivity index (χ1v) is 6.21. The number of imidazole rings is 1. The van der Waals surface area contributed by atoms with Gasteiger partial charge < -0.3 is 15.0 Å². The Kier molecular flexibility index (Phi) is 2.82. The summed E-state index contributed by atoms with van der Waals surface area (Å²) >= 11 is 0. The average Bonchev–Trinajstić information content (AvgIpc) is 2.93. The molecule has 3 heterocycles. The third-order valence-corrected chi connectivity index (χ3v) is 3.45. The molecule has 4 nitrogen and oxygen atoms in total. The van der Waals surface area contributed by atoms with Gasteiger partial charge >= 0.3 is 0 Å². The number of nitrogens with one attached hydrogen (secondary N) is 2. The maximum atomic E-state index is 4.57. The minimum atomic E-state index is 0.601. The van der Waals surface area contributed by atoms with Crippen LogP contribution in [0.4, 0.5) is 0 Å². The van der Waals surface area contributed by atoms with Crippen molar-refractivity contribution in [3.63, 3.8) is 0 Å². The highest BCUT2D eigenvalue weighted by molar-refractivity contribution is 5.42. The second kappa shape index (κ2) is 4.47. The minimum absolute atomic E-state index is 0.601. The number of aryl methyl sites for hydroxylation is 1. The van der Waals surface area contributed by atoms with Gasteiger partial charge in [0.05, 0.1) is 11.4 Å². The fourth-order valence-corrected chi connectivity index (χ4v) is 2.45. The molecule has 0 aliphatic carbocycles. The second-order valence-corrected chi connectivity index (χ2v) is 4.64. The SMILES string of the molecule is Cc1nc2ccccn2c1CNC1CCNC1. The van der Waals surface area contributed by atoms with Gasteiger partial charge in [-0.15, -0.1) is 0 Å². The molecule has 2 N–H and O–H groups in total. The summed E-state index contributed by atoms with van der Waals surface area (Å²) in [4.78, 5) is 4.57. The molecule has 1 saturated heterocycles. The Balaban J connectivity index is 1.81. The Hall–Kier alpha value is -1.39. The van der Waals surface area contributed by atoms with Crippen molar-refractivity contribution in [2.75, 3.05) is 13.1 Å². The summed E-state index contributed by atoms with van der Waals surface area (Å²) in [6.45, 7) is 5.18. The molecular formula is C13H18N4. The summed E-state index contributed by atoms with van der Waals surface area (Å²) in [5.74, 6) is 0. The highest BCUT2D eigenvalue weighted by Gasteiger charge is 2.15.